The molecule has 1 heterocycles. The van der Waals surface area contributed by atoms with Gasteiger partial charge in [0.2, 0.25) is 0 Å². The van der Waals surface area contributed by atoms with E-state index in [4.69, 9.17) is 16.0 Å². The van der Waals surface area contributed by atoms with E-state index in [2.05, 4.69) is 24.5 Å². The molecule has 1 aromatic heterocycles. The molecule has 0 fully saturated rings. The SMILES string of the molecule is Cc1ccc(C(=O)NCC(C)(C)c2ccc(Cl)cc2)cc1NC(=O)c1ccco1. The van der Waals surface area contributed by atoms with Crippen LogP contribution in [-0.2, 0) is 5.41 Å². The number of amides is 2. The van der Waals surface area contributed by atoms with Gasteiger partial charge >= 0.3 is 0 Å². The second-order valence-corrected chi connectivity index (χ2v) is 7.97. The molecule has 2 aromatic carbocycles. The van der Waals surface area contributed by atoms with Crippen molar-refractivity contribution in [3.8, 4) is 0 Å². The van der Waals surface area contributed by atoms with Crippen LogP contribution >= 0.6 is 11.6 Å². The monoisotopic (exact) mass is 410 g/mol. The lowest BCUT2D eigenvalue weighted by Gasteiger charge is -2.26. The molecule has 0 atom stereocenters. The van der Waals surface area contributed by atoms with Crippen LogP contribution in [0.5, 0.6) is 0 Å². The fourth-order valence-electron chi connectivity index (χ4n) is 2.90. The maximum Gasteiger partial charge on any atom is 0.291 e. The predicted molar refractivity (Wildman–Crippen MR) is 115 cm³/mol. The fraction of sp³-hybridized carbons (Fsp3) is 0.217. The standard InChI is InChI=1S/C23H23ClN2O3/c1-15-6-7-16(13-19(15)26-22(28)20-5-4-12-29-20)21(27)25-14-23(2,3)17-8-10-18(24)11-9-17/h4-13H,14H2,1-3H3,(H,25,27)(H,26,28). The molecule has 3 aromatic rings. The Kier molecular flexibility index (Phi) is 6.09. The molecule has 2 N–H and O–H groups in total. The Morgan fingerprint density at radius 3 is 2.41 bits per heavy atom. The highest BCUT2D eigenvalue weighted by Crippen LogP contribution is 2.24. The smallest absolute Gasteiger partial charge is 0.291 e. The predicted octanol–water partition coefficient (Wildman–Crippen LogP) is 5.20. The first-order valence-electron chi connectivity index (χ1n) is 9.26. The van der Waals surface area contributed by atoms with Crippen LogP contribution in [0.4, 0.5) is 5.69 Å². The van der Waals surface area contributed by atoms with Crippen LogP contribution in [0.25, 0.3) is 0 Å². The summed E-state index contributed by atoms with van der Waals surface area (Å²) in [7, 11) is 0. The van der Waals surface area contributed by atoms with E-state index in [9.17, 15) is 9.59 Å². The van der Waals surface area contributed by atoms with E-state index in [1.807, 2.05) is 31.2 Å². The lowest BCUT2D eigenvalue weighted by Crippen LogP contribution is -2.36. The number of aryl methyl sites for hydroxylation is 1. The molecule has 0 bridgehead atoms. The van der Waals surface area contributed by atoms with Crippen LogP contribution in [0, 0.1) is 6.92 Å². The number of halogens is 1. The third-order valence-electron chi connectivity index (χ3n) is 4.81. The van der Waals surface area contributed by atoms with Crippen molar-refractivity contribution in [3.05, 3.63) is 88.3 Å². The molecule has 29 heavy (non-hydrogen) atoms. The summed E-state index contributed by atoms with van der Waals surface area (Å²) in [6, 6.07) is 16.0. The Labute approximate surface area is 175 Å². The summed E-state index contributed by atoms with van der Waals surface area (Å²) < 4.78 is 5.11. The molecule has 0 aliphatic heterocycles. The Hall–Kier alpha value is -3.05. The number of hydrogen-bond donors (Lipinski definition) is 2. The first kappa shape index (κ1) is 20.7. The van der Waals surface area contributed by atoms with Gasteiger partial charge in [-0.25, -0.2) is 0 Å². The van der Waals surface area contributed by atoms with Gasteiger partial charge in [-0.2, -0.15) is 0 Å². The molecule has 0 radical (unpaired) electrons. The van der Waals surface area contributed by atoms with Crippen LogP contribution in [0.3, 0.4) is 0 Å². The normalized spacial score (nSPS) is 11.2. The highest BCUT2D eigenvalue weighted by Gasteiger charge is 2.22. The summed E-state index contributed by atoms with van der Waals surface area (Å²) in [6.45, 7) is 6.43. The van der Waals surface area contributed by atoms with Gasteiger partial charge in [0.15, 0.2) is 5.76 Å². The number of rotatable bonds is 6. The number of carbonyl (C=O) groups excluding carboxylic acids is 2. The van der Waals surface area contributed by atoms with Gasteiger partial charge in [0.05, 0.1) is 6.26 Å². The molecule has 0 unspecified atom stereocenters. The van der Waals surface area contributed by atoms with E-state index in [1.165, 1.54) is 6.26 Å². The Bertz CT molecular complexity index is 1010. The van der Waals surface area contributed by atoms with Gasteiger partial charge in [-0.1, -0.05) is 43.6 Å². The molecule has 3 rings (SSSR count). The number of furan rings is 1. The summed E-state index contributed by atoms with van der Waals surface area (Å²) in [4.78, 5) is 24.9. The number of nitrogens with one attached hydrogen (secondary N) is 2. The van der Waals surface area contributed by atoms with Gasteiger partial charge in [0, 0.05) is 28.2 Å². The van der Waals surface area contributed by atoms with Crippen LogP contribution in [0.1, 0.15) is 45.9 Å². The van der Waals surface area contributed by atoms with E-state index >= 15 is 0 Å². The average molecular weight is 411 g/mol. The van der Waals surface area contributed by atoms with Crippen LogP contribution < -0.4 is 10.6 Å². The third-order valence-corrected chi connectivity index (χ3v) is 5.06. The highest BCUT2D eigenvalue weighted by molar-refractivity contribution is 6.30. The molecule has 0 saturated heterocycles. The van der Waals surface area contributed by atoms with Crippen molar-refractivity contribution in [2.45, 2.75) is 26.2 Å². The van der Waals surface area contributed by atoms with Crippen molar-refractivity contribution >= 4 is 29.1 Å². The number of hydrogen-bond acceptors (Lipinski definition) is 3. The van der Waals surface area contributed by atoms with Crippen molar-refractivity contribution in [2.75, 3.05) is 11.9 Å². The van der Waals surface area contributed by atoms with Gasteiger partial charge in [0.25, 0.3) is 11.8 Å². The largest absolute Gasteiger partial charge is 0.459 e. The van der Waals surface area contributed by atoms with Gasteiger partial charge in [-0.15, -0.1) is 0 Å². The Morgan fingerprint density at radius 2 is 1.76 bits per heavy atom. The summed E-state index contributed by atoms with van der Waals surface area (Å²) in [6.07, 6.45) is 1.44. The van der Waals surface area contributed by atoms with E-state index in [-0.39, 0.29) is 23.0 Å². The van der Waals surface area contributed by atoms with Gasteiger partial charge in [-0.3, -0.25) is 9.59 Å². The zero-order chi connectivity index (χ0) is 21.0. The second kappa shape index (κ2) is 8.53. The molecule has 2 amide bonds. The minimum absolute atomic E-state index is 0.208. The topological polar surface area (TPSA) is 71.3 Å². The summed E-state index contributed by atoms with van der Waals surface area (Å²) in [5.41, 5.74) is 2.70. The van der Waals surface area contributed by atoms with E-state index in [0.29, 0.717) is 22.8 Å². The molecular formula is C23H23ClN2O3. The number of anilines is 1. The molecule has 0 aliphatic rings. The lowest BCUT2D eigenvalue weighted by molar-refractivity contribution is 0.0944. The Morgan fingerprint density at radius 1 is 1.03 bits per heavy atom. The third kappa shape index (κ3) is 5.06. The minimum Gasteiger partial charge on any atom is -0.459 e. The lowest BCUT2D eigenvalue weighted by atomic mass is 9.84. The maximum atomic E-state index is 12.7. The van der Waals surface area contributed by atoms with Crippen molar-refractivity contribution in [1.82, 2.24) is 5.32 Å². The first-order valence-corrected chi connectivity index (χ1v) is 9.64. The fourth-order valence-corrected chi connectivity index (χ4v) is 3.02. The number of benzene rings is 2. The first-order chi connectivity index (χ1) is 13.8. The molecular weight excluding hydrogens is 388 g/mol. The minimum atomic E-state index is -0.362. The van der Waals surface area contributed by atoms with Crippen molar-refractivity contribution in [1.29, 1.82) is 0 Å². The molecule has 0 aliphatic carbocycles. The molecule has 0 spiro atoms. The maximum absolute atomic E-state index is 12.7. The van der Waals surface area contributed by atoms with Crippen LogP contribution in [0.15, 0.2) is 65.3 Å². The van der Waals surface area contributed by atoms with Crippen LogP contribution in [0.2, 0.25) is 5.02 Å². The zero-order valence-electron chi connectivity index (χ0n) is 16.6. The van der Waals surface area contributed by atoms with Gasteiger partial charge < -0.3 is 15.1 Å². The van der Waals surface area contributed by atoms with Crippen molar-refractivity contribution < 1.29 is 14.0 Å². The van der Waals surface area contributed by atoms with Crippen molar-refractivity contribution in [3.63, 3.8) is 0 Å². The second-order valence-electron chi connectivity index (χ2n) is 7.53. The average Bonchev–Trinajstić information content (AvgIpc) is 3.23. The molecule has 150 valence electrons. The molecule has 6 heteroatoms. The van der Waals surface area contributed by atoms with Crippen LogP contribution in [-0.4, -0.2) is 18.4 Å². The molecule has 5 nitrogen and oxygen atoms in total. The quantitative estimate of drug-likeness (QED) is 0.586. The van der Waals surface area contributed by atoms with E-state index in [0.717, 1.165) is 11.1 Å². The summed E-state index contributed by atoms with van der Waals surface area (Å²) >= 11 is 5.96. The molecule has 0 saturated carbocycles. The van der Waals surface area contributed by atoms with Crippen molar-refractivity contribution in [2.24, 2.45) is 0 Å². The van der Waals surface area contributed by atoms with E-state index in [1.54, 1.807) is 30.3 Å². The Balaban J connectivity index is 1.69. The van der Waals surface area contributed by atoms with Gasteiger partial charge in [-0.05, 0) is 54.4 Å². The number of carbonyl (C=O) groups is 2. The van der Waals surface area contributed by atoms with E-state index < -0.39 is 0 Å². The zero-order valence-corrected chi connectivity index (χ0v) is 17.3. The summed E-state index contributed by atoms with van der Waals surface area (Å²) in [5.74, 6) is -0.357. The highest BCUT2D eigenvalue weighted by atomic mass is 35.5. The van der Waals surface area contributed by atoms with Gasteiger partial charge in [0.1, 0.15) is 0 Å². The summed E-state index contributed by atoms with van der Waals surface area (Å²) in [5, 5.41) is 6.44.